The number of benzene rings is 1. The Labute approximate surface area is 148 Å². The third kappa shape index (κ3) is 1.37. The minimum atomic E-state index is 0.165. The highest BCUT2D eigenvalue weighted by Crippen LogP contribution is 2.62. The molecule has 7 rings (SSSR count). The predicted molar refractivity (Wildman–Crippen MR) is 92.6 cm³/mol. The number of nitrogens with zero attached hydrogens (tertiary/aromatic N) is 1. The lowest BCUT2D eigenvalue weighted by molar-refractivity contribution is -0.927. The van der Waals surface area contributed by atoms with Gasteiger partial charge >= 0.3 is 0 Å². The largest absolute Gasteiger partial charge is 0.377 e. The fourth-order valence-electron chi connectivity index (χ4n) is 8.20. The SMILES string of the molecule is O=C1C[C@@H]2OCCC3C[NH+]4CC[C@]56c7ccccc7N1[C@H]5[C@H]2[C@H]3C[C@H]46. The lowest BCUT2D eigenvalue weighted by Crippen LogP contribution is -3.17. The third-order valence-electron chi connectivity index (χ3n) is 8.84. The van der Waals surface area contributed by atoms with E-state index in [9.17, 15) is 4.79 Å². The number of ether oxygens (including phenoxy) is 1. The van der Waals surface area contributed by atoms with Crippen LogP contribution in [0.5, 0.6) is 0 Å². The van der Waals surface area contributed by atoms with Crippen LogP contribution in [0.4, 0.5) is 5.69 Å². The summed E-state index contributed by atoms with van der Waals surface area (Å²) >= 11 is 0. The molecule has 2 unspecified atom stereocenters. The molecule has 4 saturated heterocycles. The first-order valence-corrected chi connectivity index (χ1v) is 10.2. The number of carbonyl (C=O) groups excluding carboxylic acids is 1. The molecule has 1 aliphatic carbocycles. The maximum absolute atomic E-state index is 13.2. The average Bonchev–Trinajstić information content (AvgIpc) is 3.10. The molecule has 5 heterocycles. The van der Waals surface area contributed by atoms with Crippen LogP contribution in [0.2, 0.25) is 0 Å². The van der Waals surface area contributed by atoms with Gasteiger partial charge in [0.15, 0.2) is 0 Å². The first-order valence-electron chi connectivity index (χ1n) is 10.2. The van der Waals surface area contributed by atoms with E-state index in [1.807, 2.05) is 4.90 Å². The Morgan fingerprint density at radius 3 is 3.16 bits per heavy atom. The third-order valence-corrected chi connectivity index (χ3v) is 8.84. The second-order valence-corrected chi connectivity index (χ2v) is 9.32. The van der Waals surface area contributed by atoms with Crippen LogP contribution in [0, 0.1) is 17.8 Å². The van der Waals surface area contributed by atoms with Gasteiger partial charge in [0.1, 0.15) is 0 Å². The normalized spacial score (nSPS) is 51.3. The summed E-state index contributed by atoms with van der Waals surface area (Å²) in [7, 11) is 0. The Morgan fingerprint density at radius 1 is 1.28 bits per heavy atom. The molecule has 0 radical (unpaired) electrons. The summed E-state index contributed by atoms with van der Waals surface area (Å²) in [5.41, 5.74) is 2.90. The molecule has 1 aromatic rings. The highest BCUT2D eigenvalue weighted by Gasteiger charge is 2.73. The fourth-order valence-corrected chi connectivity index (χ4v) is 8.20. The van der Waals surface area contributed by atoms with Gasteiger partial charge in [-0.1, -0.05) is 18.2 Å². The van der Waals surface area contributed by atoms with E-state index >= 15 is 0 Å². The van der Waals surface area contributed by atoms with Gasteiger partial charge in [-0.15, -0.1) is 0 Å². The van der Waals surface area contributed by atoms with Gasteiger partial charge in [-0.25, -0.2) is 0 Å². The van der Waals surface area contributed by atoms with Crippen molar-refractivity contribution < 1.29 is 14.4 Å². The number of rotatable bonds is 0. The Kier molecular flexibility index (Phi) is 2.36. The first kappa shape index (κ1) is 13.8. The maximum atomic E-state index is 13.2. The predicted octanol–water partition coefficient (Wildman–Crippen LogP) is 0.755. The number of para-hydroxylation sites is 1. The Morgan fingerprint density at radius 2 is 2.20 bits per heavy atom. The molecular weight excluding hydrogens is 312 g/mol. The molecule has 5 fully saturated rings. The molecule has 4 heteroatoms. The summed E-state index contributed by atoms with van der Waals surface area (Å²) in [4.78, 5) is 17.3. The molecule has 1 N–H and O–H groups in total. The molecule has 4 nitrogen and oxygen atoms in total. The summed E-state index contributed by atoms with van der Waals surface area (Å²) in [6, 6.07) is 9.92. The van der Waals surface area contributed by atoms with Crippen LogP contribution in [0.15, 0.2) is 24.3 Å². The van der Waals surface area contributed by atoms with Crippen LogP contribution in [0.25, 0.3) is 0 Å². The summed E-state index contributed by atoms with van der Waals surface area (Å²) in [6.45, 7) is 3.49. The van der Waals surface area contributed by atoms with Gasteiger partial charge in [0.25, 0.3) is 0 Å². The van der Waals surface area contributed by atoms with Crippen molar-refractivity contribution >= 4 is 11.6 Å². The number of nitrogens with one attached hydrogen (secondary N) is 1. The van der Waals surface area contributed by atoms with Gasteiger partial charge in [-0.05, 0) is 24.0 Å². The van der Waals surface area contributed by atoms with Crippen molar-refractivity contribution in [2.75, 3.05) is 24.6 Å². The van der Waals surface area contributed by atoms with Crippen LogP contribution < -0.4 is 9.80 Å². The average molecular weight is 337 g/mol. The van der Waals surface area contributed by atoms with Crippen molar-refractivity contribution in [1.82, 2.24) is 0 Å². The number of fused-ring (bicyclic) bond motifs is 2. The van der Waals surface area contributed by atoms with Crippen molar-refractivity contribution in [3.8, 4) is 0 Å². The van der Waals surface area contributed by atoms with E-state index in [2.05, 4.69) is 29.2 Å². The lowest BCUT2D eigenvalue weighted by atomic mass is 9.52. The Hall–Kier alpha value is -1.39. The minimum absolute atomic E-state index is 0.165. The molecule has 6 aliphatic rings. The zero-order chi connectivity index (χ0) is 16.3. The smallest absolute Gasteiger partial charge is 0.229 e. The van der Waals surface area contributed by atoms with Crippen molar-refractivity contribution in [2.45, 2.75) is 49.3 Å². The van der Waals surface area contributed by atoms with E-state index in [4.69, 9.17) is 4.74 Å². The molecular formula is C21H25N2O2+. The van der Waals surface area contributed by atoms with Crippen LogP contribution in [0.1, 0.15) is 31.2 Å². The van der Waals surface area contributed by atoms with E-state index < -0.39 is 0 Å². The zero-order valence-electron chi connectivity index (χ0n) is 14.5. The van der Waals surface area contributed by atoms with E-state index in [0.717, 1.165) is 18.4 Å². The minimum Gasteiger partial charge on any atom is -0.377 e. The lowest BCUT2D eigenvalue weighted by Gasteiger charge is -2.57. The van der Waals surface area contributed by atoms with E-state index in [1.165, 1.54) is 43.6 Å². The molecule has 8 atom stereocenters. The number of hydrogen-bond acceptors (Lipinski definition) is 2. The second kappa shape index (κ2) is 4.29. The topological polar surface area (TPSA) is 34.0 Å². The molecule has 130 valence electrons. The summed E-state index contributed by atoms with van der Waals surface area (Å²) in [5, 5.41) is 0. The van der Waals surface area contributed by atoms with Crippen molar-refractivity contribution in [1.29, 1.82) is 0 Å². The zero-order valence-corrected chi connectivity index (χ0v) is 14.5. The molecule has 1 saturated carbocycles. The maximum Gasteiger partial charge on any atom is 0.229 e. The standard InChI is InChI=1S/C21H24N2O2/c24-18-10-16-19-13-9-17-21(6-7-22(17)11-12(13)5-8-25-16)14-3-1-2-4-15(14)23(18)20(19)21/h1-4,12-13,16-17,19-20H,5-11H2/p+1/t12?,13-,16-,17-,19-,20-,21+/m0/s1. The van der Waals surface area contributed by atoms with Gasteiger partial charge in [0.05, 0.1) is 43.1 Å². The molecule has 1 amide bonds. The summed E-state index contributed by atoms with van der Waals surface area (Å²) in [6.07, 6.45) is 4.57. The summed E-state index contributed by atoms with van der Waals surface area (Å²) < 4.78 is 6.34. The summed E-state index contributed by atoms with van der Waals surface area (Å²) in [5.74, 6) is 2.43. The van der Waals surface area contributed by atoms with Crippen molar-refractivity contribution in [2.24, 2.45) is 17.8 Å². The highest BCUT2D eigenvalue weighted by atomic mass is 16.5. The van der Waals surface area contributed by atoms with Gasteiger partial charge in [0, 0.05) is 37.0 Å². The molecule has 1 aromatic carbocycles. The number of quaternary nitrogens is 1. The van der Waals surface area contributed by atoms with E-state index in [1.54, 1.807) is 0 Å². The van der Waals surface area contributed by atoms with E-state index in [0.29, 0.717) is 30.3 Å². The van der Waals surface area contributed by atoms with Crippen molar-refractivity contribution in [3.05, 3.63) is 29.8 Å². The quantitative estimate of drug-likeness (QED) is 0.758. The van der Waals surface area contributed by atoms with Crippen LogP contribution in [-0.4, -0.2) is 43.8 Å². The number of hydrogen-bond donors (Lipinski definition) is 1. The first-order chi connectivity index (χ1) is 12.3. The number of carbonyl (C=O) groups is 1. The number of amides is 1. The molecule has 0 aromatic heterocycles. The number of anilines is 1. The molecule has 2 bridgehead atoms. The van der Waals surface area contributed by atoms with Crippen LogP contribution in [-0.2, 0) is 14.9 Å². The Bertz CT molecular complexity index is 794. The van der Waals surface area contributed by atoms with Crippen molar-refractivity contribution in [3.63, 3.8) is 0 Å². The van der Waals surface area contributed by atoms with E-state index in [-0.39, 0.29) is 11.5 Å². The Balaban J connectivity index is 1.53. The number of piperidine rings is 2. The molecule has 5 aliphatic heterocycles. The highest BCUT2D eigenvalue weighted by molar-refractivity contribution is 5.99. The van der Waals surface area contributed by atoms with Gasteiger partial charge in [-0.2, -0.15) is 0 Å². The fraction of sp³-hybridized carbons (Fsp3) is 0.667. The van der Waals surface area contributed by atoms with Crippen LogP contribution in [0.3, 0.4) is 0 Å². The molecule has 25 heavy (non-hydrogen) atoms. The molecule has 1 spiro atoms. The van der Waals surface area contributed by atoms with Gasteiger partial charge in [0.2, 0.25) is 5.91 Å². The monoisotopic (exact) mass is 337 g/mol. The van der Waals surface area contributed by atoms with Crippen LogP contribution >= 0.6 is 0 Å². The van der Waals surface area contributed by atoms with Gasteiger partial charge < -0.3 is 14.5 Å². The van der Waals surface area contributed by atoms with Gasteiger partial charge in [-0.3, -0.25) is 4.79 Å². The second-order valence-electron chi connectivity index (χ2n) is 9.32.